The van der Waals surface area contributed by atoms with E-state index in [1.54, 1.807) is 18.7 Å². The number of likely N-dealkylation sites (N-methyl/N-ethyl adjacent to an activating group) is 1. The number of hydrogen-bond acceptors (Lipinski definition) is 8. The van der Waals surface area contributed by atoms with Gasteiger partial charge >= 0.3 is 0 Å². The summed E-state index contributed by atoms with van der Waals surface area (Å²) in [5.41, 5.74) is 1.46. The van der Waals surface area contributed by atoms with Crippen LogP contribution in [0.25, 0.3) is 0 Å². The van der Waals surface area contributed by atoms with Gasteiger partial charge in [-0.1, -0.05) is 44.2 Å². The number of aryl methyl sites for hydroxylation is 1. The van der Waals surface area contributed by atoms with Gasteiger partial charge in [-0.05, 0) is 18.4 Å². The van der Waals surface area contributed by atoms with Crippen molar-refractivity contribution < 1.29 is 28.7 Å². The smallest absolute Gasteiger partial charge is 0.251 e. The summed E-state index contributed by atoms with van der Waals surface area (Å²) in [6.07, 6.45) is -1.52. The Kier molecular flexibility index (Phi) is 10.3. The molecule has 2 aromatic rings. The Morgan fingerprint density at radius 1 is 1.10 bits per heavy atom. The van der Waals surface area contributed by atoms with Gasteiger partial charge in [0.05, 0.1) is 36.3 Å². The minimum Gasteiger partial charge on any atom is -0.360 e. The average molecular weight is 599 g/mol. The number of morpholine rings is 1. The molecule has 42 heavy (non-hydrogen) atoms. The highest BCUT2D eigenvalue weighted by Gasteiger charge is 2.38. The van der Waals surface area contributed by atoms with Crippen molar-refractivity contribution in [1.82, 2.24) is 30.7 Å². The lowest BCUT2D eigenvalue weighted by Gasteiger charge is -2.38. The lowest BCUT2D eigenvalue weighted by molar-refractivity contribution is -0.157. The SMILES string of the molecule is Cc1nc(CC(=O)N2C[C@@H]3CNC(=O)[C@H](C(C)C)NC(=O)CN(C)C(=O)[C@@H](Cc4ccccc4)NC(=O)[C@@H](C2)O3)cs1. The number of aromatic nitrogens is 1. The number of amides is 5. The molecule has 2 aliphatic heterocycles. The molecular weight excluding hydrogens is 560 g/mol. The predicted molar refractivity (Wildman–Crippen MR) is 155 cm³/mol. The Balaban J connectivity index is 1.62. The first-order valence-electron chi connectivity index (χ1n) is 14.0. The van der Waals surface area contributed by atoms with Gasteiger partial charge in [-0.25, -0.2) is 4.98 Å². The third-order valence-corrected chi connectivity index (χ3v) is 8.06. The summed E-state index contributed by atoms with van der Waals surface area (Å²) >= 11 is 1.45. The number of hydrogen-bond donors (Lipinski definition) is 3. The third-order valence-electron chi connectivity index (χ3n) is 7.23. The summed E-state index contributed by atoms with van der Waals surface area (Å²) in [4.78, 5) is 73.5. The van der Waals surface area contributed by atoms with E-state index in [4.69, 9.17) is 4.74 Å². The first-order chi connectivity index (χ1) is 20.0. The Morgan fingerprint density at radius 3 is 2.50 bits per heavy atom. The molecule has 3 heterocycles. The quantitative estimate of drug-likeness (QED) is 0.440. The highest BCUT2D eigenvalue weighted by molar-refractivity contribution is 7.09. The molecule has 1 aromatic heterocycles. The lowest BCUT2D eigenvalue weighted by Crippen LogP contribution is -2.60. The fourth-order valence-electron chi connectivity index (χ4n) is 5.01. The van der Waals surface area contributed by atoms with Crippen LogP contribution in [0.1, 0.15) is 30.1 Å². The van der Waals surface area contributed by atoms with E-state index in [2.05, 4.69) is 20.9 Å². The summed E-state index contributed by atoms with van der Waals surface area (Å²) in [5, 5.41) is 11.0. The first kappa shape index (κ1) is 31.1. The molecule has 0 radical (unpaired) electrons. The molecule has 2 bridgehead atoms. The van der Waals surface area contributed by atoms with Crippen molar-refractivity contribution in [3.05, 3.63) is 52.0 Å². The van der Waals surface area contributed by atoms with E-state index in [0.29, 0.717) is 5.69 Å². The number of benzene rings is 1. The zero-order valence-electron chi connectivity index (χ0n) is 24.3. The zero-order valence-corrected chi connectivity index (χ0v) is 25.1. The molecule has 12 nitrogen and oxygen atoms in total. The van der Waals surface area contributed by atoms with E-state index >= 15 is 0 Å². The van der Waals surface area contributed by atoms with Gasteiger partial charge in [-0.15, -0.1) is 11.3 Å². The Hall–Kier alpha value is -3.84. The number of ether oxygens (including phenoxy) is 1. The summed E-state index contributed by atoms with van der Waals surface area (Å²) in [5.74, 6) is -2.41. The van der Waals surface area contributed by atoms with E-state index in [0.717, 1.165) is 10.6 Å². The van der Waals surface area contributed by atoms with Crippen LogP contribution in [0.2, 0.25) is 0 Å². The zero-order chi connectivity index (χ0) is 30.4. The largest absolute Gasteiger partial charge is 0.360 e. The van der Waals surface area contributed by atoms with Gasteiger partial charge in [0.2, 0.25) is 23.6 Å². The summed E-state index contributed by atoms with van der Waals surface area (Å²) < 4.78 is 6.09. The predicted octanol–water partition coefficient (Wildman–Crippen LogP) is 0.0465. The van der Waals surface area contributed by atoms with Crippen LogP contribution in [0.15, 0.2) is 35.7 Å². The van der Waals surface area contributed by atoms with E-state index < -0.39 is 47.9 Å². The number of nitrogens with zero attached hydrogens (tertiary/aromatic N) is 3. The van der Waals surface area contributed by atoms with Gasteiger partial charge in [0, 0.05) is 31.9 Å². The highest BCUT2D eigenvalue weighted by atomic mass is 32.1. The second-order valence-corrected chi connectivity index (χ2v) is 12.1. The minimum absolute atomic E-state index is 0.0189. The normalized spacial score (nSPS) is 24.4. The number of thiazole rings is 1. The molecule has 0 aliphatic carbocycles. The van der Waals surface area contributed by atoms with Crippen molar-refractivity contribution in [2.24, 2.45) is 5.92 Å². The van der Waals surface area contributed by atoms with E-state index in [-0.39, 0.29) is 50.8 Å². The molecule has 3 N–H and O–H groups in total. The molecule has 0 unspecified atom stereocenters. The molecule has 0 spiro atoms. The Bertz CT molecular complexity index is 1300. The van der Waals surface area contributed by atoms with Gasteiger partial charge in [0.15, 0.2) is 6.10 Å². The van der Waals surface area contributed by atoms with Gasteiger partial charge in [0.25, 0.3) is 5.91 Å². The van der Waals surface area contributed by atoms with Gasteiger partial charge < -0.3 is 30.5 Å². The molecule has 13 heteroatoms. The fraction of sp³-hybridized carbons (Fsp3) is 0.517. The van der Waals surface area contributed by atoms with Crippen molar-refractivity contribution in [2.45, 2.75) is 57.9 Å². The lowest BCUT2D eigenvalue weighted by atomic mass is 10.0. The van der Waals surface area contributed by atoms with E-state index in [1.165, 1.54) is 23.3 Å². The summed E-state index contributed by atoms with van der Waals surface area (Å²) in [6, 6.07) is 7.38. The molecule has 0 saturated carbocycles. The summed E-state index contributed by atoms with van der Waals surface area (Å²) in [7, 11) is 1.47. The molecule has 2 aliphatic rings. The van der Waals surface area contributed by atoms with Crippen molar-refractivity contribution in [3.63, 3.8) is 0 Å². The van der Waals surface area contributed by atoms with Crippen molar-refractivity contribution in [1.29, 1.82) is 0 Å². The standard InChI is InChI=1S/C29H38N6O6S/c1-17(2)26-28(39)30-12-21-13-35(25(37)11-20-16-42-18(3)31-20)14-23(41-21)27(38)32-22(10-19-8-6-5-7-9-19)29(40)34(4)15-24(36)33-26/h5-9,16-17,21-23,26H,10-15H2,1-4H3,(H,30,39)(H,32,38)(H,33,36)/t21-,22+,23+,26-/m0/s1. The second kappa shape index (κ2) is 13.9. The minimum atomic E-state index is -1.08. The van der Waals surface area contributed by atoms with Crippen molar-refractivity contribution >= 4 is 40.9 Å². The molecular formula is C29H38N6O6S. The summed E-state index contributed by atoms with van der Waals surface area (Å²) in [6.45, 7) is 5.33. The van der Waals surface area contributed by atoms with Crippen LogP contribution < -0.4 is 16.0 Å². The Morgan fingerprint density at radius 2 is 1.83 bits per heavy atom. The molecule has 1 aromatic carbocycles. The van der Waals surface area contributed by atoms with Crippen LogP contribution >= 0.6 is 11.3 Å². The van der Waals surface area contributed by atoms with E-state index in [9.17, 15) is 24.0 Å². The maximum Gasteiger partial charge on any atom is 0.251 e. The van der Waals surface area contributed by atoms with Crippen molar-refractivity contribution in [2.75, 3.05) is 33.2 Å². The number of nitrogens with one attached hydrogen (secondary N) is 3. The van der Waals surface area contributed by atoms with Crippen LogP contribution in [0.4, 0.5) is 0 Å². The average Bonchev–Trinajstić information content (AvgIpc) is 3.37. The van der Waals surface area contributed by atoms with Gasteiger partial charge in [-0.2, -0.15) is 0 Å². The molecule has 4 atom stereocenters. The van der Waals surface area contributed by atoms with Crippen LogP contribution in [0.3, 0.4) is 0 Å². The number of carbonyl (C=O) groups is 5. The van der Waals surface area contributed by atoms with Crippen LogP contribution in [0, 0.1) is 12.8 Å². The Labute approximate surface area is 249 Å². The third kappa shape index (κ3) is 8.13. The first-order valence-corrected chi connectivity index (χ1v) is 14.9. The van der Waals surface area contributed by atoms with Crippen molar-refractivity contribution in [3.8, 4) is 0 Å². The maximum atomic E-state index is 13.6. The van der Waals surface area contributed by atoms with Gasteiger partial charge in [0.1, 0.15) is 12.1 Å². The van der Waals surface area contributed by atoms with E-state index in [1.807, 2.05) is 42.6 Å². The molecule has 226 valence electrons. The van der Waals surface area contributed by atoms with Crippen LogP contribution in [-0.4, -0.2) is 102 Å². The van der Waals surface area contributed by atoms with Crippen LogP contribution in [0.5, 0.6) is 0 Å². The number of rotatable bonds is 5. The maximum absolute atomic E-state index is 13.6. The second-order valence-electron chi connectivity index (χ2n) is 11.1. The molecule has 4 rings (SSSR count). The fourth-order valence-corrected chi connectivity index (χ4v) is 5.62. The topological polar surface area (TPSA) is 150 Å². The number of fused-ring (bicyclic) bond motifs is 2. The molecule has 2 saturated heterocycles. The molecule has 2 fully saturated rings. The van der Waals surface area contributed by atoms with Crippen LogP contribution in [-0.2, 0) is 41.6 Å². The monoisotopic (exact) mass is 598 g/mol. The number of carbonyl (C=O) groups excluding carboxylic acids is 5. The van der Waals surface area contributed by atoms with Gasteiger partial charge in [-0.3, -0.25) is 24.0 Å². The highest BCUT2D eigenvalue weighted by Crippen LogP contribution is 2.17. The molecule has 5 amide bonds.